The van der Waals surface area contributed by atoms with Crippen molar-refractivity contribution in [1.82, 2.24) is 39.0 Å². The van der Waals surface area contributed by atoms with Gasteiger partial charge in [-0.2, -0.15) is 0 Å². The number of imidazole rings is 2. The lowest BCUT2D eigenvalue weighted by Crippen LogP contribution is -2.36. The Hall–Kier alpha value is -4.74. The first-order valence-corrected chi connectivity index (χ1v) is 23.2. The summed E-state index contributed by atoms with van der Waals surface area (Å²) in [7, 11) is 0. The number of hydrogen-bond acceptors (Lipinski definition) is 16. The first-order chi connectivity index (χ1) is 28.9. The van der Waals surface area contributed by atoms with Crippen molar-refractivity contribution in [2.75, 3.05) is 23.8 Å². The number of hydrogen-bond donors (Lipinski definition) is 4. The molecule has 2 amide bonds. The quantitative estimate of drug-likeness (QED) is 0.119. The summed E-state index contributed by atoms with van der Waals surface area (Å²) in [4.78, 5) is 50.9. The highest BCUT2D eigenvalue weighted by Gasteiger charge is 2.54. The normalized spacial score (nSPS) is 30.9. The lowest BCUT2D eigenvalue weighted by atomic mass is 10.1. The van der Waals surface area contributed by atoms with Crippen molar-refractivity contribution in [3.8, 4) is 0 Å². The van der Waals surface area contributed by atoms with E-state index in [9.17, 15) is 18.7 Å². The van der Waals surface area contributed by atoms with Gasteiger partial charge in [0.1, 0.15) is 37.1 Å². The van der Waals surface area contributed by atoms with Gasteiger partial charge in [0.15, 0.2) is 58.8 Å². The van der Waals surface area contributed by atoms with Crippen molar-refractivity contribution < 1.29 is 55.1 Å². The van der Waals surface area contributed by atoms with E-state index in [0.717, 1.165) is 12.7 Å². The van der Waals surface area contributed by atoms with Crippen molar-refractivity contribution in [3.05, 3.63) is 97.1 Å². The Morgan fingerprint density at radius 3 is 1.43 bits per heavy atom. The molecular formula is C34H30F2N10O10P2S2. The molecule has 20 nitrogen and oxygen atoms in total. The molecule has 60 heavy (non-hydrogen) atoms. The van der Waals surface area contributed by atoms with Crippen LogP contribution in [0.5, 0.6) is 0 Å². The minimum atomic E-state index is -4.52. The van der Waals surface area contributed by atoms with E-state index in [0.29, 0.717) is 11.1 Å². The number of halogens is 2. The zero-order valence-corrected chi connectivity index (χ0v) is 33.9. The number of aromatic nitrogens is 8. The van der Waals surface area contributed by atoms with Crippen LogP contribution < -0.4 is 10.6 Å². The Bertz CT molecular complexity index is 2510. The Labute approximate surface area is 347 Å². The summed E-state index contributed by atoms with van der Waals surface area (Å²) >= 11 is 8.13. The summed E-state index contributed by atoms with van der Waals surface area (Å²) < 4.78 is 96.9. The molecule has 2 aromatic carbocycles. The van der Waals surface area contributed by atoms with Gasteiger partial charge >= 0.3 is 13.6 Å². The molecule has 3 aliphatic rings. The van der Waals surface area contributed by atoms with Gasteiger partial charge in [0, 0.05) is 11.1 Å². The van der Waals surface area contributed by atoms with Crippen molar-refractivity contribution in [1.29, 1.82) is 0 Å². The molecule has 3 fully saturated rings. The van der Waals surface area contributed by atoms with Crippen LogP contribution in [0.2, 0.25) is 0 Å². The molecule has 6 aromatic rings. The molecule has 0 radical (unpaired) electrons. The molecule has 0 aliphatic carbocycles. The Balaban J connectivity index is 0.938. The second-order valence-corrected chi connectivity index (χ2v) is 19.2. The van der Waals surface area contributed by atoms with E-state index in [4.69, 9.17) is 27.6 Å². The third-order valence-electron chi connectivity index (χ3n) is 9.65. The first kappa shape index (κ1) is 40.7. The van der Waals surface area contributed by atoms with Crippen LogP contribution in [0, 0.1) is 0 Å². The Kier molecular flexibility index (Phi) is 11.0. The number of nitrogens with zero attached hydrogens (tertiary/aromatic N) is 8. The minimum absolute atomic E-state index is 0.0289. The zero-order chi connectivity index (χ0) is 41.8. The molecule has 3 aliphatic heterocycles. The summed E-state index contributed by atoms with van der Waals surface area (Å²) in [6, 6.07) is 16.7. The highest BCUT2D eigenvalue weighted by atomic mass is 32.7. The van der Waals surface area contributed by atoms with Crippen molar-refractivity contribution in [2.24, 2.45) is 0 Å². The Morgan fingerprint density at radius 2 is 1.03 bits per heavy atom. The predicted octanol–water partition coefficient (Wildman–Crippen LogP) is 5.53. The van der Waals surface area contributed by atoms with Gasteiger partial charge in [-0.1, -0.05) is 60.9 Å². The zero-order valence-electron chi connectivity index (χ0n) is 30.3. The smallest absolute Gasteiger partial charge is 0.346 e. The molecule has 0 bridgehead atoms. The lowest BCUT2D eigenvalue weighted by Gasteiger charge is -2.28. The van der Waals surface area contributed by atoms with E-state index in [1.165, 1.54) is 21.8 Å². The highest BCUT2D eigenvalue weighted by molar-refractivity contribution is 8.44. The monoisotopic (exact) mass is 902 g/mol. The van der Waals surface area contributed by atoms with Crippen LogP contribution in [0.15, 0.2) is 86.0 Å². The van der Waals surface area contributed by atoms with Gasteiger partial charge in [-0.05, 0) is 24.3 Å². The molecular weight excluding hydrogens is 873 g/mol. The van der Waals surface area contributed by atoms with Gasteiger partial charge in [-0.25, -0.2) is 47.8 Å². The third-order valence-corrected chi connectivity index (χ3v) is 12.9. The number of carbonyl (C=O) groups excluding carboxylic acids is 2. The fourth-order valence-corrected chi connectivity index (χ4v) is 9.82. The molecule has 3 saturated heterocycles. The molecule has 7 heterocycles. The van der Waals surface area contributed by atoms with Crippen LogP contribution in [-0.2, 0) is 36.7 Å². The number of ether oxygens (including phenoxy) is 2. The number of carbonyl (C=O) groups is 2. The van der Waals surface area contributed by atoms with Gasteiger partial charge in [0.25, 0.3) is 11.8 Å². The molecule has 2 N–H and O–H groups in total. The summed E-state index contributed by atoms with van der Waals surface area (Å²) in [5, 5.41) is 5.31. The third kappa shape index (κ3) is 7.95. The molecule has 4 aromatic heterocycles. The number of fused-ring (bicyclic) bond motifs is 4. The van der Waals surface area contributed by atoms with E-state index >= 15 is 8.78 Å². The maximum Gasteiger partial charge on any atom is 0.386 e. The number of rotatable bonds is 6. The molecule has 0 spiro atoms. The van der Waals surface area contributed by atoms with Gasteiger partial charge in [0.2, 0.25) is 0 Å². The molecule has 312 valence electrons. The minimum Gasteiger partial charge on any atom is -0.346 e. The van der Waals surface area contributed by atoms with Crippen LogP contribution in [-0.4, -0.2) is 101 Å². The number of alkyl halides is 2. The van der Waals surface area contributed by atoms with Crippen molar-refractivity contribution in [2.45, 2.75) is 49.2 Å². The van der Waals surface area contributed by atoms with Gasteiger partial charge in [-0.3, -0.25) is 36.8 Å². The predicted molar refractivity (Wildman–Crippen MR) is 212 cm³/mol. The maximum atomic E-state index is 16.5. The van der Waals surface area contributed by atoms with E-state index in [2.05, 4.69) is 65.0 Å². The SMILES string of the molecule is O=C(Nc1ncnc2c1ncn2[C@@H]1O[C@@H]2CO[P@@](=O)(S)O[C@@H]3C(CO[P@@](=O)(S)O[C@H]2[C@H]1F)O[C@@H](n1cnc2c(NC(=O)c4ccccc4)ncnc21)[C@@H]3F)c1ccccc1. The largest absolute Gasteiger partial charge is 0.386 e. The average Bonchev–Trinajstić information content (AvgIpc) is 4.01. The number of thiol groups is 2. The maximum absolute atomic E-state index is 16.5. The number of nitrogens with one attached hydrogen (secondary N) is 2. The van der Waals surface area contributed by atoms with E-state index in [1.807, 2.05) is 0 Å². The summed E-state index contributed by atoms with van der Waals surface area (Å²) in [5.74, 6) is -0.904. The summed E-state index contributed by atoms with van der Waals surface area (Å²) in [6.07, 6.45) is -9.07. The van der Waals surface area contributed by atoms with Gasteiger partial charge < -0.3 is 20.1 Å². The van der Waals surface area contributed by atoms with Crippen LogP contribution in [0.4, 0.5) is 20.4 Å². The number of benzene rings is 2. The van der Waals surface area contributed by atoms with Crippen molar-refractivity contribution >= 4 is 83.9 Å². The van der Waals surface area contributed by atoms with E-state index in [1.54, 1.807) is 60.7 Å². The van der Waals surface area contributed by atoms with Crippen LogP contribution in [0.25, 0.3) is 22.3 Å². The lowest BCUT2D eigenvalue weighted by molar-refractivity contribution is -0.0544. The van der Waals surface area contributed by atoms with Crippen molar-refractivity contribution in [3.63, 3.8) is 0 Å². The molecule has 0 saturated carbocycles. The van der Waals surface area contributed by atoms with Crippen LogP contribution in [0.1, 0.15) is 33.2 Å². The molecule has 26 heteroatoms. The number of amides is 2. The summed E-state index contributed by atoms with van der Waals surface area (Å²) in [5.41, 5.74) is 0.978. The second-order valence-electron chi connectivity index (χ2n) is 13.4. The topological polar surface area (TPSA) is 235 Å². The van der Waals surface area contributed by atoms with Gasteiger partial charge in [0.05, 0.1) is 25.9 Å². The second kappa shape index (κ2) is 16.3. The number of anilines is 2. The van der Waals surface area contributed by atoms with Gasteiger partial charge in [-0.15, -0.1) is 0 Å². The fourth-order valence-electron chi connectivity index (χ4n) is 6.86. The van der Waals surface area contributed by atoms with E-state index < -0.39 is 87.8 Å². The van der Waals surface area contributed by atoms with Crippen LogP contribution in [0.3, 0.4) is 0 Å². The first-order valence-electron chi connectivity index (χ1n) is 17.8. The summed E-state index contributed by atoms with van der Waals surface area (Å²) in [6.45, 7) is -10.5. The molecule has 10 atom stereocenters. The van der Waals surface area contributed by atoms with E-state index in [-0.39, 0.29) is 34.0 Å². The molecule has 9 rings (SSSR count). The van der Waals surface area contributed by atoms with Crippen LogP contribution >= 0.6 is 38.1 Å². The fraction of sp³-hybridized carbons (Fsp3) is 0.294. The average molecular weight is 903 g/mol. The Morgan fingerprint density at radius 1 is 0.633 bits per heavy atom. The highest BCUT2D eigenvalue weighted by Crippen LogP contribution is 2.60. The molecule has 1 unspecified atom stereocenters. The standard InChI is InChI=1S/C34H30F2N10O10P2S2/c35-21-25-19(53-33(21)45-15-41-23-27(37-13-39-29(23)45)43-31(47)17-7-3-1-4-8-17)11-51-58(50,60)56-26-20(12-52-57(49,59)55-25)54-34(22(26)36)46-16-42-24-28(38-14-40-30(24)46)44-32(48)18-9-5-2-6-10-18/h1-10,13-16,19-22,25-26,33-34H,11-12H2,(H,49,59)(H,50,60)(H,37,39,43,47)(H,38,40,44,48)/t19-,20?,21-,22-,25-,26-,33-,34-,57-,58-/m1/s1.